The molecule has 2 rings (SSSR count). The summed E-state index contributed by atoms with van der Waals surface area (Å²) in [6.45, 7) is 3.97. The fraction of sp³-hybridized carbons (Fsp3) is 0.286. The standard InChI is InChI=1S/C14H14N2O/c1-10(2)17-13-5-3-4-11-6-7-12(8-9-15)16-14(11)13/h3-7,10H,8H2,1-2H3. The van der Waals surface area contributed by atoms with Crippen LogP contribution in [0.2, 0.25) is 0 Å². The topological polar surface area (TPSA) is 45.9 Å². The Bertz CT molecular complexity index is 570. The van der Waals surface area contributed by atoms with Gasteiger partial charge in [0.15, 0.2) is 0 Å². The van der Waals surface area contributed by atoms with E-state index < -0.39 is 0 Å². The Morgan fingerprint density at radius 1 is 1.29 bits per heavy atom. The number of fused-ring (bicyclic) bond motifs is 1. The largest absolute Gasteiger partial charge is 0.489 e. The van der Waals surface area contributed by atoms with Crippen molar-refractivity contribution in [3.63, 3.8) is 0 Å². The van der Waals surface area contributed by atoms with E-state index in [0.29, 0.717) is 6.42 Å². The molecule has 0 aliphatic carbocycles. The highest BCUT2D eigenvalue weighted by atomic mass is 16.5. The molecular weight excluding hydrogens is 212 g/mol. The number of rotatable bonds is 3. The van der Waals surface area contributed by atoms with Crippen LogP contribution in [-0.4, -0.2) is 11.1 Å². The van der Waals surface area contributed by atoms with Crippen LogP contribution in [0, 0.1) is 11.3 Å². The second-order valence-electron chi connectivity index (χ2n) is 4.13. The number of hydrogen-bond acceptors (Lipinski definition) is 3. The molecule has 1 aromatic carbocycles. The maximum Gasteiger partial charge on any atom is 0.145 e. The first-order valence-corrected chi connectivity index (χ1v) is 5.63. The molecule has 17 heavy (non-hydrogen) atoms. The van der Waals surface area contributed by atoms with E-state index in [0.717, 1.165) is 22.3 Å². The summed E-state index contributed by atoms with van der Waals surface area (Å²) in [7, 11) is 0. The van der Waals surface area contributed by atoms with E-state index in [4.69, 9.17) is 10.00 Å². The quantitative estimate of drug-likeness (QED) is 0.807. The van der Waals surface area contributed by atoms with Gasteiger partial charge in [-0.25, -0.2) is 4.98 Å². The summed E-state index contributed by atoms with van der Waals surface area (Å²) in [5, 5.41) is 9.72. The SMILES string of the molecule is CC(C)Oc1cccc2ccc(CC#N)nc12. The first kappa shape index (κ1) is 11.4. The van der Waals surface area contributed by atoms with Crippen LogP contribution < -0.4 is 4.74 Å². The van der Waals surface area contributed by atoms with E-state index in [9.17, 15) is 0 Å². The van der Waals surface area contributed by atoms with E-state index in [2.05, 4.69) is 11.1 Å². The minimum Gasteiger partial charge on any atom is -0.489 e. The second-order valence-corrected chi connectivity index (χ2v) is 4.13. The number of hydrogen-bond donors (Lipinski definition) is 0. The van der Waals surface area contributed by atoms with Gasteiger partial charge in [-0.05, 0) is 26.0 Å². The maximum absolute atomic E-state index is 8.69. The van der Waals surface area contributed by atoms with Gasteiger partial charge in [0.1, 0.15) is 11.3 Å². The molecule has 0 bridgehead atoms. The van der Waals surface area contributed by atoms with Crippen molar-refractivity contribution < 1.29 is 4.74 Å². The molecule has 1 heterocycles. The molecule has 0 fully saturated rings. The molecule has 3 heteroatoms. The number of para-hydroxylation sites is 1. The van der Waals surface area contributed by atoms with Crippen molar-refractivity contribution in [2.24, 2.45) is 0 Å². The van der Waals surface area contributed by atoms with Gasteiger partial charge in [0.2, 0.25) is 0 Å². The van der Waals surface area contributed by atoms with Crippen LogP contribution in [0.5, 0.6) is 5.75 Å². The molecule has 2 aromatic rings. The molecule has 0 saturated carbocycles. The number of nitrogens with zero attached hydrogens (tertiary/aromatic N) is 2. The Labute approximate surface area is 101 Å². The lowest BCUT2D eigenvalue weighted by Crippen LogP contribution is -2.06. The summed E-state index contributed by atoms with van der Waals surface area (Å²) in [4.78, 5) is 4.47. The van der Waals surface area contributed by atoms with Gasteiger partial charge in [0, 0.05) is 5.39 Å². The first-order chi connectivity index (χ1) is 8.20. The Balaban J connectivity index is 2.52. The van der Waals surface area contributed by atoms with Crippen molar-refractivity contribution in [2.45, 2.75) is 26.4 Å². The minimum absolute atomic E-state index is 0.113. The van der Waals surface area contributed by atoms with E-state index in [1.807, 2.05) is 44.2 Å². The molecular formula is C14H14N2O. The third-order valence-electron chi connectivity index (χ3n) is 2.36. The summed E-state index contributed by atoms with van der Waals surface area (Å²) < 4.78 is 5.72. The fourth-order valence-electron chi connectivity index (χ4n) is 1.69. The van der Waals surface area contributed by atoms with Crippen LogP contribution in [0.3, 0.4) is 0 Å². The van der Waals surface area contributed by atoms with Gasteiger partial charge >= 0.3 is 0 Å². The van der Waals surface area contributed by atoms with Crippen molar-refractivity contribution in [3.05, 3.63) is 36.0 Å². The third-order valence-corrected chi connectivity index (χ3v) is 2.36. The average Bonchev–Trinajstić information content (AvgIpc) is 2.29. The van der Waals surface area contributed by atoms with Crippen LogP contribution in [0.1, 0.15) is 19.5 Å². The molecule has 1 aromatic heterocycles. The smallest absolute Gasteiger partial charge is 0.145 e. The highest BCUT2D eigenvalue weighted by Crippen LogP contribution is 2.24. The van der Waals surface area contributed by atoms with Gasteiger partial charge in [-0.3, -0.25) is 0 Å². The zero-order chi connectivity index (χ0) is 12.3. The van der Waals surface area contributed by atoms with E-state index in [1.54, 1.807) is 0 Å². The number of benzene rings is 1. The summed E-state index contributed by atoms with van der Waals surface area (Å²) >= 11 is 0. The highest BCUT2D eigenvalue weighted by molar-refractivity contribution is 5.84. The molecule has 86 valence electrons. The van der Waals surface area contributed by atoms with Crippen LogP contribution in [0.25, 0.3) is 10.9 Å². The molecule has 0 unspecified atom stereocenters. The van der Waals surface area contributed by atoms with Gasteiger partial charge in [-0.2, -0.15) is 5.26 Å². The Morgan fingerprint density at radius 2 is 2.12 bits per heavy atom. The van der Waals surface area contributed by atoms with Gasteiger partial charge in [0.05, 0.1) is 24.3 Å². The fourth-order valence-corrected chi connectivity index (χ4v) is 1.69. The third kappa shape index (κ3) is 2.54. The molecule has 0 spiro atoms. The summed E-state index contributed by atoms with van der Waals surface area (Å²) in [6.07, 6.45) is 0.438. The lowest BCUT2D eigenvalue weighted by Gasteiger charge is -2.11. The van der Waals surface area contributed by atoms with Gasteiger partial charge in [-0.15, -0.1) is 0 Å². The molecule has 0 aliphatic rings. The molecule has 0 aliphatic heterocycles. The number of ether oxygens (including phenoxy) is 1. The Kier molecular flexibility index (Phi) is 3.24. The van der Waals surface area contributed by atoms with Crippen molar-refractivity contribution in [3.8, 4) is 11.8 Å². The Hall–Kier alpha value is -2.08. The zero-order valence-corrected chi connectivity index (χ0v) is 9.97. The van der Waals surface area contributed by atoms with Crippen molar-refractivity contribution in [1.82, 2.24) is 4.98 Å². The monoisotopic (exact) mass is 226 g/mol. The summed E-state index contributed by atoms with van der Waals surface area (Å²) in [6, 6.07) is 11.8. The first-order valence-electron chi connectivity index (χ1n) is 5.63. The molecule has 3 nitrogen and oxygen atoms in total. The summed E-state index contributed by atoms with van der Waals surface area (Å²) in [5.41, 5.74) is 1.61. The number of aromatic nitrogens is 1. The second kappa shape index (κ2) is 4.84. The number of pyridine rings is 1. The van der Waals surface area contributed by atoms with Crippen LogP contribution in [0.4, 0.5) is 0 Å². The highest BCUT2D eigenvalue weighted by Gasteiger charge is 2.06. The molecule has 0 radical (unpaired) electrons. The van der Waals surface area contributed by atoms with Crippen LogP contribution in [-0.2, 0) is 6.42 Å². The van der Waals surface area contributed by atoms with Crippen molar-refractivity contribution in [1.29, 1.82) is 5.26 Å². The Morgan fingerprint density at radius 3 is 2.82 bits per heavy atom. The van der Waals surface area contributed by atoms with Gasteiger partial charge in [0.25, 0.3) is 0 Å². The van der Waals surface area contributed by atoms with Crippen LogP contribution in [0.15, 0.2) is 30.3 Å². The van der Waals surface area contributed by atoms with Crippen molar-refractivity contribution in [2.75, 3.05) is 0 Å². The van der Waals surface area contributed by atoms with Gasteiger partial charge < -0.3 is 4.74 Å². The maximum atomic E-state index is 8.69. The average molecular weight is 226 g/mol. The molecule has 0 N–H and O–H groups in total. The predicted octanol–water partition coefficient (Wildman–Crippen LogP) is 3.09. The molecule has 0 saturated heterocycles. The number of nitriles is 1. The van der Waals surface area contributed by atoms with Crippen molar-refractivity contribution >= 4 is 10.9 Å². The summed E-state index contributed by atoms with van der Waals surface area (Å²) in [5.74, 6) is 0.775. The lowest BCUT2D eigenvalue weighted by molar-refractivity contribution is 0.245. The predicted molar refractivity (Wildman–Crippen MR) is 66.8 cm³/mol. The van der Waals surface area contributed by atoms with Crippen LogP contribution >= 0.6 is 0 Å². The minimum atomic E-state index is 0.113. The van der Waals surface area contributed by atoms with E-state index >= 15 is 0 Å². The molecule has 0 amide bonds. The van der Waals surface area contributed by atoms with E-state index in [1.165, 1.54) is 0 Å². The van der Waals surface area contributed by atoms with Gasteiger partial charge in [-0.1, -0.05) is 18.2 Å². The zero-order valence-electron chi connectivity index (χ0n) is 9.97. The van der Waals surface area contributed by atoms with E-state index in [-0.39, 0.29) is 6.10 Å². The lowest BCUT2D eigenvalue weighted by atomic mass is 10.1. The molecule has 0 atom stereocenters. The normalized spacial score (nSPS) is 10.5.